The van der Waals surface area contributed by atoms with E-state index in [0.29, 0.717) is 11.4 Å². The molecule has 0 radical (unpaired) electrons. The molecule has 0 atom stereocenters. The molecule has 0 unspecified atom stereocenters. The van der Waals surface area contributed by atoms with Gasteiger partial charge in [-0.05, 0) is 50.5 Å². The van der Waals surface area contributed by atoms with Crippen molar-refractivity contribution in [3.8, 4) is 0 Å². The lowest BCUT2D eigenvalue weighted by Gasteiger charge is -2.06. The van der Waals surface area contributed by atoms with Crippen LogP contribution in [0.5, 0.6) is 0 Å². The van der Waals surface area contributed by atoms with Crippen molar-refractivity contribution in [2.75, 3.05) is 10.6 Å². The number of benzene rings is 2. The molecular weight excluding hydrogens is 461 g/mol. The zero-order chi connectivity index (χ0) is 21.1. The van der Waals surface area contributed by atoms with Crippen LogP contribution >= 0.6 is 15.9 Å². The van der Waals surface area contributed by atoms with Gasteiger partial charge >= 0.3 is 6.03 Å². The summed E-state index contributed by atoms with van der Waals surface area (Å²) in [5.41, 5.74) is 3.54. The Morgan fingerprint density at radius 3 is 2.83 bits per heavy atom. The predicted molar refractivity (Wildman–Crippen MR) is 110 cm³/mol. The number of amidine groups is 1. The minimum atomic E-state index is -0.612. The van der Waals surface area contributed by atoms with Crippen molar-refractivity contribution in [3.63, 3.8) is 0 Å². The molecule has 4 rings (SSSR count). The molecule has 0 bridgehead atoms. The molecule has 0 aliphatic carbocycles. The van der Waals surface area contributed by atoms with Crippen LogP contribution in [-0.2, 0) is 0 Å². The van der Waals surface area contributed by atoms with Gasteiger partial charge in [0.05, 0.1) is 15.8 Å². The quantitative estimate of drug-likeness (QED) is 0.171. The third-order valence-electron chi connectivity index (χ3n) is 4.03. The van der Waals surface area contributed by atoms with Crippen molar-refractivity contribution in [3.05, 3.63) is 64.6 Å². The summed E-state index contributed by atoms with van der Waals surface area (Å²) < 4.78 is 18.3. The Bertz CT molecular complexity index is 1250. The van der Waals surface area contributed by atoms with E-state index < -0.39 is 11.8 Å². The molecule has 0 spiro atoms. The fourth-order valence-electron chi connectivity index (χ4n) is 2.68. The summed E-state index contributed by atoms with van der Waals surface area (Å²) in [5, 5.41) is 22.7. The average Bonchev–Trinajstić information content (AvgIpc) is 3.36. The number of hydrogen-bond acceptors (Lipinski definition) is 6. The van der Waals surface area contributed by atoms with Crippen LogP contribution in [0.25, 0.3) is 10.9 Å². The van der Waals surface area contributed by atoms with E-state index in [1.54, 1.807) is 6.20 Å². The molecule has 152 valence electrons. The number of nitrogens with zero attached hydrogens (tertiary/aromatic N) is 3. The first kappa shape index (κ1) is 19.5. The number of hydrogen-bond donors (Lipinski definition) is 5. The Labute approximate surface area is 176 Å². The molecule has 10 nitrogen and oxygen atoms in total. The molecule has 0 aliphatic rings. The van der Waals surface area contributed by atoms with Crippen LogP contribution in [-0.4, -0.2) is 32.4 Å². The molecule has 2 amide bonds. The predicted octanol–water partition coefficient (Wildman–Crippen LogP) is 4.15. The molecule has 0 fully saturated rings. The van der Waals surface area contributed by atoms with Crippen LogP contribution in [0.3, 0.4) is 0 Å². The summed E-state index contributed by atoms with van der Waals surface area (Å²) in [6.45, 7) is 0. The topological polar surface area (TPSA) is 140 Å². The number of rotatable bonds is 4. The number of aromatic nitrogens is 3. The van der Waals surface area contributed by atoms with Gasteiger partial charge in [0.15, 0.2) is 11.5 Å². The van der Waals surface area contributed by atoms with E-state index in [9.17, 15) is 14.4 Å². The molecule has 4 aromatic rings. The summed E-state index contributed by atoms with van der Waals surface area (Å²) >= 11 is 3.06. The first-order valence-electron chi connectivity index (χ1n) is 8.46. The maximum Gasteiger partial charge on any atom is 0.325 e. The SMILES string of the molecule is O=C(Nc1nonc1C(=Nc1ccc(F)c(Br)c1)NO)Nc1c[nH]c2ccccc12. The van der Waals surface area contributed by atoms with Gasteiger partial charge in [-0.2, -0.15) is 0 Å². The molecule has 0 aliphatic heterocycles. The number of fused-ring (bicyclic) bond motifs is 1. The molecule has 0 saturated heterocycles. The van der Waals surface area contributed by atoms with Crippen molar-refractivity contribution in [2.24, 2.45) is 4.99 Å². The number of hydroxylamine groups is 1. The molecular formula is C18H13BrFN7O3. The van der Waals surface area contributed by atoms with E-state index in [4.69, 9.17) is 0 Å². The first-order valence-corrected chi connectivity index (χ1v) is 9.25. The highest BCUT2D eigenvalue weighted by Gasteiger charge is 2.19. The Morgan fingerprint density at radius 1 is 1.20 bits per heavy atom. The molecule has 2 aromatic carbocycles. The van der Waals surface area contributed by atoms with Crippen LogP contribution in [0.1, 0.15) is 5.69 Å². The summed E-state index contributed by atoms with van der Waals surface area (Å²) in [5.74, 6) is -0.724. The molecule has 30 heavy (non-hydrogen) atoms. The van der Waals surface area contributed by atoms with Gasteiger partial charge in [-0.1, -0.05) is 18.2 Å². The Balaban J connectivity index is 1.55. The second-order valence-corrected chi connectivity index (χ2v) is 6.81. The third kappa shape index (κ3) is 3.99. The number of para-hydroxylation sites is 1. The van der Waals surface area contributed by atoms with Crippen molar-refractivity contribution in [1.29, 1.82) is 0 Å². The first-order chi connectivity index (χ1) is 14.5. The monoisotopic (exact) mass is 473 g/mol. The number of amides is 2. The van der Waals surface area contributed by atoms with Gasteiger partial charge < -0.3 is 10.3 Å². The fourth-order valence-corrected chi connectivity index (χ4v) is 3.04. The van der Waals surface area contributed by atoms with Gasteiger partial charge in [-0.25, -0.2) is 18.8 Å². The number of urea groups is 1. The molecule has 2 aromatic heterocycles. The summed E-state index contributed by atoms with van der Waals surface area (Å²) in [6, 6.07) is 10.8. The van der Waals surface area contributed by atoms with Gasteiger partial charge in [-0.15, -0.1) is 0 Å². The molecule has 5 N–H and O–H groups in total. The van der Waals surface area contributed by atoms with Gasteiger partial charge in [0, 0.05) is 17.1 Å². The van der Waals surface area contributed by atoms with E-state index in [-0.39, 0.29) is 21.8 Å². The lowest BCUT2D eigenvalue weighted by molar-refractivity contribution is 0.234. The van der Waals surface area contributed by atoms with Gasteiger partial charge in [0.25, 0.3) is 0 Å². The number of anilines is 2. The lowest BCUT2D eigenvalue weighted by Crippen LogP contribution is -2.25. The van der Waals surface area contributed by atoms with Gasteiger partial charge in [0.1, 0.15) is 5.82 Å². The number of carbonyl (C=O) groups is 1. The van der Waals surface area contributed by atoms with Crippen LogP contribution in [0, 0.1) is 5.82 Å². The highest BCUT2D eigenvalue weighted by atomic mass is 79.9. The maximum atomic E-state index is 13.4. The number of aliphatic imine (C=N–C) groups is 1. The highest BCUT2D eigenvalue weighted by Crippen LogP contribution is 2.24. The summed E-state index contributed by atoms with van der Waals surface area (Å²) in [6.07, 6.45) is 1.65. The van der Waals surface area contributed by atoms with E-state index in [1.165, 1.54) is 18.2 Å². The smallest absolute Gasteiger partial charge is 0.325 e. The van der Waals surface area contributed by atoms with Crippen molar-refractivity contribution >= 4 is 55.9 Å². The zero-order valence-corrected chi connectivity index (χ0v) is 16.6. The standard InChI is InChI=1S/C18H13BrFN7O3/c19-11-7-9(5-6-12(11)20)22-16(25-29)15-17(27-30-26-15)24-18(28)23-14-8-21-13-4-2-1-3-10(13)14/h1-8,21,29H,(H,22,25)(H2,23,24,27,28). The summed E-state index contributed by atoms with van der Waals surface area (Å²) in [4.78, 5) is 19.6. The number of halogens is 2. The Hall–Kier alpha value is -3.77. The number of nitrogens with one attached hydrogen (secondary N) is 4. The van der Waals surface area contributed by atoms with Crippen molar-refractivity contribution in [2.45, 2.75) is 0 Å². The molecule has 2 heterocycles. The number of carbonyl (C=O) groups excluding carboxylic acids is 1. The highest BCUT2D eigenvalue weighted by molar-refractivity contribution is 9.10. The normalized spacial score (nSPS) is 11.5. The second-order valence-electron chi connectivity index (χ2n) is 5.96. The van der Waals surface area contributed by atoms with E-state index in [0.717, 1.165) is 10.9 Å². The second kappa shape index (κ2) is 8.31. The third-order valence-corrected chi connectivity index (χ3v) is 4.64. The van der Waals surface area contributed by atoms with Gasteiger partial charge in [0.2, 0.25) is 5.82 Å². The lowest BCUT2D eigenvalue weighted by atomic mass is 10.2. The van der Waals surface area contributed by atoms with Crippen molar-refractivity contribution < 1.29 is 19.0 Å². The zero-order valence-electron chi connectivity index (χ0n) is 15.0. The van der Waals surface area contributed by atoms with E-state index in [1.807, 2.05) is 29.7 Å². The number of H-pyrrole nitrogens is 1. The van der Waals surface area contributed by atoms with Crippen LogP contribution in [0.4, 0.5) is 26.4 Å². The van der Waals surface area contributed by atoms with E-state index >= 15 is 0 Å². The van der Waals surface area contributed by atoms with E-state index in [2.05, 4.69) is 51.5 Å². The minimum absolute atomic E-state index is 0.0629. The van der Waals surface area contributed by atoms with Gasteiger partial charge in [-0.3, -0.25) is 16.0 Å². The van der Waals surface area contributed by atoms with Crippen LogP contribution in [0.2, 0.25) is 0 Å². The largest absolute Gasteiger partial charge is 0.359 e. The Kier molecular flexibility index (Phi) is 5.41. The molecule has 12 heteroatoms. The van der Waals surface area contributed by atoms with Crippen molar-refractivity contribution in [1.82, 2.24) is 20.8 Å². The fraction of sp³-hybridized carbons (Fsp3) is 0. The van der Waals surface area contributed by atoms with Crippen LogP contribution < -0.4 is 16.1 Å². The maximum absolute atomic E-state index is 13.4. The number of aromatic amines is 1. The molecule has 0 saturated carbocycles. The average molecular weight is 474 g/mol. The minimum Gasteiger partial charge on any atom is -0.359 e. The Morgan fingerprint density at radius 2 is 2.03 bits per heavy atom. The van der Waals surface area contributed by atoms with Crippen LogP contribution in [0.15, 0.2) is 62.8 Å². The summed E-state index contributed by atoms with van der Waals surface area (Å²) in [7, 11) is 0.